The number of thiophene rings is 1. The molecule has 0 saturated carbocycles. The number of ether oxygens (including phenoxy) is 2. The number of nitrogens with one attached hydrogen (secondary N) is 2. The van der Waals surface area contributed by atoms with Crippen LogP contribution in [0.5, 0.6) is 0 Å². The van der Waals surface area contributed by atoms with E-state index in [1.165, 1.54) is 30.4 Å². The zero-order valence-corrected chi connectivity index (χ0v) is 18.8. The predicted octanol–water partition coefficient (Wildman–Crippen LogP) is 3.88. The molecule has 166 valence electrons. The number of hydrogen-bond donors (Lipinski definition) is 2. The fourth-order valence-electron chi connectivity index (χ4n) is 2.77. The van der Waals surface area contributed by atoms with Gasteiger partial charge < -0.3 is 20.1 Å². The van der Waals surface area contributed by atoms with Crippen molar-refractivity contribution < 1.29 is 28.7 Å². The lowest BCUT2D eigenvalue weighted by atomic mass is 10.0. The van der Waals surface area contributed by atoms with Crippen LogP contribution in [0.4, 0.5) is 10.7 Å². The van der Waals surface area contributed by atoms with Gasteiger partial charge in [0.15, 0.2) is 6.61 Å². The van der Waals surface area contributed by atoms with Crippen molar-refractivity contribution in [2.24, 2.45) is 5.92 Å². The first-order valence-electron chi connectivity index (χ1n) is 9.83. The summed E-state index contributed by atoms with van der Waals surface area (Å²) in [6.45, 7) is 6.88. The highest BCUT2D eigenvalue weighted by molar-refractivity contribution is 7.15. The maximum atomic E-state index is 12.4. The molecule has 2 aromatic rings. The summed E-state index contributed by atoms with van der Waals surface area (Å²) in [4.78, 5) is 47.9. The first kappa shape index (κ1) is 24.1. The number of esters is 2. The molecule has 0 bridgehead atoms. The predicted molar refractivity (Wildman–Crippen MR) is 118 cm³/mol. The Kier molecular flexibility index (Phi) is 8.75. The number of anilines is 2. The van der Waals surface area contributed by atoms with Crippen LogP contribution in [0.3, 0.4) is 0 Å². The lowest BCUT2D eigenvalue weighted by Crippen LogP contribution is -2.22. The van der Waals surface area contributed by atoms with Gasteiger partial charge in [-0.25, -0.2) is 9.59 Å². The molecule has 9 heteroatoms. The maximum Gasteiger partial charge on any atom is 0.341 e. The van der Waals surface area contributed by atoms with E-state index in [9.17, 15) is 19.2 Å². The fourth-order valence-corrected chi connectivity index (χ4v) is 3.75. The lowest BCUT2D eigenvalue weighted by molar-refractivity contribution is -0.119. The van der Waals surface area contributed by atoms with Gasteiger partial charge in [0.25, 0.3) is 5.91 Å². The molecule has 0 spiro atoms. The summed E-state index contributed by atoms with van der Waals surface area (Å²) < 4.78 is 10.2. The van der Waals surface area contributed by atoms with E-state index in [1.54, 1.807) is 19.1 Å². The summed E-state index contributed by atoms with van der Waals surface area (Å²) in [6, 6.07) is 6.10. The average molecular weight is 447 g/mol. The molecule has 0 radical (unpaired) electrons. The van der Waals surface area contributed by atoms with Crippen LogP contribution >= 0.6 is 11.3 Å². The van der Waals surface area contributed by atoms with E-state index < -0.39 is 24.5 Å². The number of carbonyl (C=O) groups is 4. The highest BCUT2D eigenvalue weighted by Crippen LogP contribution is 2.31. The van der Waals surface area contributed by atoms with Crippen molar-refractivity contribution in [2.75, 3.05) is 23.8 Å². The molecule has 0 aliphatic heterocycles. The quantitative estimate of drug-likeness (QED) is 0.566. The average Bonchev–Trinajstić information content (AvgIpc) is 3.07. The van der Waals surface area contributed by atoms with Crippen LogP contribution in [0.2, 0.25) is 0 Å². The highest BCUT2D eigenvalue weighted by Gasteiger charge is 2.22. The summed E-state index contributed by atoms with van der Waals surface area (Å²) in [5.74, 6) is -1.64. The van der Waals surface area contributed by atoms with Gasteiger partial charge in [0, 0.05) is 12.6 Å². The van der Waals surface area contributed by atoms with Crippen molar-refractivity contribution in [3.8, 4) is 0 Å². The zero-order chi connectivity index (χ0) is 23.0. The van der Waals surface area contributed by atoms with E-state index in [1.807, 2.05) is 19.2 Å². The third kappa shape index (κ3) is 7.21. The molecule has 0 aliphatic rings. The van der Waals surface area contributed by atoms with Gasteiger partial charge in [-0.05, 0) is 54.5 Å². The number of amides is 2. The Bertz CT molecular complexity index is 949. The van der Waals surface area contributed by atoms with Gasteiger partial charge in [-0.1, -0.05) is 13.8 Å². The smallest absolute Gasteiger partial charge is 0.341 e. The van der Waals surface area contributed by atoms with Gasteiger partial charge in [-0.15, -0.1) is 11.3 Å². The Labute approximate surface area is 184 Å². The molecule has 0 saturated heterocycles. The SMILES string of the molecule is CCOC(=O)c1c(CC(C)C)csc1NC(=O)COC(=O)c1ccc(NC(C)=O)cc1. The summed E-state index contributed by atoms with van der Waals surface area (Å²) >= 11 is 1.23. The van der Waals surface area contributed by atoms with E-state index in [0.29, 0.717) is 28.6 Å². The second-order valence-corrected chi connectivity index (χ2v) is 8.05. The van der Waals surface area contributed by atoms with Gasteiger partial charge in [-0.3, -0.25) is 9.59 Å². The van der Waals surface area contributed by atoms with Gasteiger partial charge in [-0.2, -0.15) is 0 Å². The van der Waals surface area contributed by atoms with Crippen LogP contribution in [-0.2, 0) is 25.5 Å². The minimum atomic E-state index is -0.679. The highest BCUT2D eigenvalue weighted by atomic mass is 32.1. The molecule has 1 aromatic heterocycles. The largest absolute Gasteiger partial charge is 0.462 e. The summed E-state index contributed by atoms with van der Waals surface area (Å²) in [7, 11) is 0. The van der Waals surface area contributed by atoms with Crippen LogP contribution in [0.15, 0.2) is 29.6 Å². The standard InChI is InChI=1S/C22H26N2O6S/c1-5-29-22(28)19-16(10-13(2)3)12-31-20(19)24-18(26)11-30-21(27)15-6-8-17(9-7-15)23-14(4)25/h6-9,12-13H,5,10-11H2,1-4H3,(H,23,25)(H,24,26). The molecular weight excluding hydrogens is 420 g/mol. The molecule has 0 aliphatic carbocycles. The Balaban J connectivity index is 2.00. The Morgan fingerprint density at radius 1 is 1.00 bits per heavy atom. The molecule has 8 nitrogen and oxygen atoms in total. The lowest BCUT2D eigenvalue weighted by Gasteiger charge is -2.10. The van der Waals surface area contributed by atoms with E-state index in [0.717, 1.165) is 5.56 Å². The number of rotatable bonds is 9. The van der Waals surface area contributed by atoms with Crippen molar-refractivity contribution in [2.45, 2.75) is 34.1 Å². The summed E-state index contributed by atoms with van der Waals surface area (Å²) in [5.41, 5.74) is 1.94. The fraction of sp³-hybridized carbons (Fsp3) is 0.364. The monoisotopic (exact) mass is 446 g/mol. The van der Waals surface area contributed by atoms with Crippen LogP contribution < -0.4 is 10.6 Å². The first-order valence-corrected chi connectivity index (χ1v) is 10.7. The van der Waals surface area contributed by atoms with E-state index in [2.05, 4.69) is 10.6 Å². The third-order valence-electron chi connectivity index (χ3n) is 4.00. The van der Waals surface area contributed by atoms with Crippen molar-refractivity contribution in [3.05, 3.63) is 46.3 Å². The molecule has 1 aromatic carbocycles. The van der Waals surface area contributed by atoms with Gasteiger partial charge >= 0.3 is 11.9 Å². The number of benzene rings is 1. The maximum absolute atomic E-state index is 12.4. The topological polar surface area (TPSA) is 111 Å². The Morgan fingerprint density at radius 3 is 2.26 bits per heavy atom. The van der Waals surface area contributed by atoms with Crippen LogP contribution in [0.1, 0.15) is 54.0 Å². The third-order valence-corrected chi connectivity index (χ3v) is 4.95. The van der Waals surface area contributed by atoms with Crippen molar-refractivity contribution >= 4 is 45.8 Å². The minimum absolute atomic E-state index is 0.223. The number of hydrogen-bond acceptors (Lipinski definition) is 7. The molecule has 1 heterocycles. The van der Waals surface area contributed by atoms with E-state index in [4.69, 9.17) is 9.47 Å². The van der Waals surface area contributed by atoms with Gasteiger partial charge in [0.2, 0.25) is 5.91 Å². The van der Waals surface area contributed by atoms with Crippen LogP contribution in [-0.4, -0.2) is 37.0 Å². The molecule has 2 N–H and O–H groups in total. The molecule has 0 atom stereocenters. The van der Waals surface area contributed by atoms with Gasteiger partial charge in [0.1, 0.15) is 5.00 Å². The van der Waals surface area contributed by atoms with Crippen LogP contribution in [0.25, 0.3) is 0 Å². The molecule has 0 fully saturated rings. The zero-order valence-electron chi connectivity index (χ0n) is 17.9. The molecule has 31 heavy (non-hydrogen) atoms. The van der Waals surface area contributed by atoms with Crippen molar-refractivity contribution in [3.63, 3.8) is 0 Å². The van der Waals surface area contributed by atoms with E-state index >= 15 is 0 Å². The van der Waals surface area contributed by atoms with Crippen molar-refractivity contribution in [1.29, 1.82) is 0 Å². The molecular formula is C22H26N2O6S. The summed E-state index contributed by atoms with van der Waals surface area (Å²) in [6.07, 6.45) is 0.671. The molecule has 2 amide bonds. The normalized spacial score (nSPS) is 10.5. The molecule has 2 rings (SSSR count). The van der Waals surface area contributed by atoms with E-state index in [-0.39, 0.29) is 18.1 Å². The Morgan fingerprint density at radius 2 is 1.68 bits per heavy atom. The Hall–Kier alpha value is -3.20. The first-order chi connectivity index (χ1) is 14.7. The van der Waals surface area contributed by atoms with Crippen LogP contribution in [0, 0.1) is 5.92 Å². The second kappa shape index (κ2) is 11.3. The molecule has 0 unspecified atom stereocenters. The number of carbonyl (C=O) groups excluding carboxylic acids is 4. The second-order valence-electron chi connectivity index (χ2n) is 7.17. The summed E-state index contributed by atoms with van der Waals surface area (Å²) in [5, 5.41) is 7.42. The van der Waals surface area contributed by atoms with Crippen molar-refractivity contribution in [1.82, 2.24) is 0 Å². The minimum Gasteiger partial charge on any atom is -0.462 e. The van der Waals surface area contributed by atoms with Gasteiger partial charge in [0.05, 0.1) is 17.7 Å².